The minimum atomic E-state index is 0.0955. The predicted molar refractivity (Wildman–Crippen MR) is 75.2 cm³/mol. The molecule has 1 fully saturated rings. The summed E-state index contributed by atoms with van der Waals surface area (Å²) in [4.78, 5) is 11.5. The summed E-state index contributed by atoms with van der Waals surface area (Å²) in [6.45, 7) is 3.08. The van der Waals surface area contributed by atoms with E-state index in [2.05, 4.69) is 27.8 Å². The first-order chi connectivity index (χ1) is 8.78. The molecule has 0 saturated heterocycles. The van der Waals surface area contributed by atoms with Gasteiger partial charge >= 0.3 is 0 Å². The SMILES string of the molecule is CCCCNc1nnc(SCC(=O)NC2CC2)s1. The zero-order chi connectivity index (χ0) is 12.8. The Morgan fingerprint density at radius 2 is 2.33 bits per heavy atom. The average Bonchev–Trinajstić information content (AvgIpc) is 3.05. The number of amides is 1. The first kappa shape index (κ1) is 13.6. The van der Waals surface area contributed by atoms with Gasteiger partial charge in [0.1, 0.15) is 0 Å². The van der Waals surface area contributed by atoms with Crippen LogP contribution in [0.2, 0.25) is 0 Å². The van der Waals surface area contributed by atoms with Gasteiger partial charge in [-0.1, -0.05) is 36.4 Å². The van der Waals surface area contributed by atoms with Crippen molar-refractivity contribution in [3.8, 4) is 0 Å². The lowest BCUT2D eigenvalue weighted by Crippen LogP contribution is -2.26. The van der Waals surface area contributed by atoms with Crippen LogP contribution in [0, 0.1) is 0 Å². The Morgan fingerprint density at radius 1 is 1.50 bits per heavy atom. The minimum absolute atomic E-state index is 0.0955. The number of hydrogen-bond donors (Lipinski definition) is 2. The third-order valence-corrected chi connectivity index (χ3v) is 4.50. The second-order valence-corrected chi connectivity index (χ2v) is 6.48. The number of nitrogens with one attached hydrogen (secondary N) is 2. The van der Waals surface area contributed by atoms with E-state index in [4.69, 9.17) is 0 Å². The molecule has 5 nitrogen and oxygen atoms in total. The molecule has 18 heavy (non-hydrogen) atoms. The van der Waals surface area contributed by atoms with Gasteiger partial charge in [0.15, 0.2) is 4.34 Å². The fourth-order valence-corrected chi connectivity index (χ4v) is 2.92. The van der Waals surface area contributed by atoms with Crippen molar-refractivity contribution in [2.24, 2.45) is 0 Å². The zero-order valence-corrected chi connectivity index (χ0v) is 12.1. The van der Waals surface area contributed by atoms with Crippen molar-refractivity contribution in [1.82, 2.24) is 15.5 Å². The van der Waals surface area contributed by atoms with Gasteiger partial charge in [0, 0.05) is 12.6 Å². The zero-order valence-electron chi connectivity index (χ0n) is 10.4. The van der Waals surface area contributed by atoms with Crippen LogP contribution in [0.4, 0.5) is 5.13 Å². The molecule has 0 aliphatic heterocycles. The lowest BCUT2D eigenvalue weighted by Gasteiger charge is -2.00. The molecule has 1 amide bonds. The topological polar surface area (TPSA) is 66.9 Å². The molecular formula is C11H18N4OS2. The number of carbonyl (C=O) groups is 1. The lowest BCUT2D eigenvalue weighted by atomic mass is 10.3. The molecule has 2 rings (SSSR count). The molecule has 1 aliphatic rings. The summed E-state index contributed by atoms with van der Waals surface area (Å²) in [7, 11) is 0. The number of unbranched alkanes of at least 4 members (excludes halogenated alkanes) is 1. The maximum absolute atomic E-state index is 11.5. The highest BCUT2D eigenvalue weighted by Crippen LogP contribution is 2.25. The Morgan fingerprint density at radius 3 is 3.06 bits per heavy atom. The van der Waals surface area contributed by atoms with E-state index in [9.17, 15) is 4.79 Å². The van der Waals surface area contributed by atoms with Gasteiger partial charge < -0.3 is 10.6 Å². The van der Waals surface area contributed by atoms with Gasteiger partial charge in [-0.2, -0.15) is 0 Å². The van der Waals surface area contributed by atoms with E-state index in [1.807, 2.05) is 0 Å². The first-order valence-corrected chi connectivity index (χ1v) is 8.07. The molecule has 100 valence electrons. The summed E-state index contributed by atoms with van der Waals surface area (Å²) < 4.78 is 0.847. The Labute approximate surface area is 115 Å². The van der Waals surface area contributed by atoms with Crippen LogP contribution in [0.1, 0.15) is 32.6 Å². The Kier molecular flexibility index (Phi) is 5.25. The predicted octanol–water partition coefficient (Wildman–Crippen LogP) is 2.12. The standard InChI is InChI=1S/C11H18N4OS2/c1-2-3-6-12-10-14-15-11(18-10)17-7-9(16)13-8-4-5-8/h8H,2-7H2,1H3,(H,12,14)(H,13,16). The van der Waals surface area contributed by atoms with Crippen LogP contribution in [-0.4, -0.2) is 34.4 Å². The van der Waals surface area contributed by atoms with Crippen molar-refractivity contribution in [1.29, 1.82) is 0 Å². The normalized spacial score (nSPS) is 14.5. The molecule has 7 heteroatoms. The van der Waals surface area contributed by atoms with E-state index >= 15 is 0 Å². The van der Waals surface area contributed by atoms with E-state index in [-0.39, 0.29) is 5.91 Å². The molecule has 0 spiro atoms. The number of hydrogen-bond acceptors (Lipinski definition) is 6. The van der Waals surface area contributed by atoms with Crippen LogP contribution in [0.25, 0.3) is 0 Å². The third-order valence-electron chi connectivity index (χ3n) is 2.48. The Bertz CT molecular complexity index is 392. The third kappa shape index (κ3) is 4.81. The van der Waals surface area contributed by atoms with E-state index < -0.39 is 0 Å². The largest absolute Gasteiger partial charge is 0.360 e. The summed E-state index contributed by atoms with van der Waals surface area (Å²) in [5.74, 6) is 0.526. The second kappa shape index (κ2) is 6.94. The maximum atomic E-state index is 11.5. The highest BCUT2D eigenvalue weighted by molar-refractivity contribution is 8.01. The molecule has 1 aromatic rings. The molecule has 1 aliphatic carbocycles. The quantitative estimate of drug-likeness (QED) is 0.566. The number of anilines is 1. The van der Waals surface area contributed by atoms with Gasteiger partial charge in [-0.25, -0.2) is 0 Å². The second-order valence-electron chi connectivity index (χ2n) is 4.28. The molecule has 1 heterocycles. The van der Waals surface area contributed by atoms with Crippen molar-refractivity contribution >= 4 is 34.1 Å². The van der Waals surface area contributed by atoms with Crippen molar-refractivity contribution < 1.29 is 4.79 Å². The van der Waals surface area contributed by atoms with Gasteiger partial charge in [0.05, 0.1) is 5.75 Å². The number of thioether (sulfide) groups is 1. The maximum Gasteiger partial charge on any atom is 0.230 e. The van der Waals surface area contributed by atoms with E-state index in [0.29, 0.717) is 11.8 Å². The van der Waals surface area contributed by atoms with Crippen molar-refractivity contribution in [3.63, 3.8) is 0 Å². The number of nitrogens with zero attached hydrogens (tertiary/aromatic N) is 2. The van der Waals surface area contributed by atoms with Crippen LogP contribution in [0.3, 0.4) is 0 Å². The average molecular weight is 286 g/mol. The Balaban J connectivity index is 1.67. The summed E-state index contributed by atoms with van der Waals surface area (Å²) in [6, 6.07) is 0.429. The summed E-state index contributed by atoms with van der Waals surface area (Å²) in [5.41, 5.74) is 0. The molecule has 1 aromatic heterocycles. The smallest absolute Gasteiger partial charge is 0.230 e. The van der Waals surface area contributed by atoms with E-state index in [1.54, 1.807) is 0 Å². The Hall–Kier alpha value is -0.820. The lowest BCUT2D eigenvalue weighted by molar-refractivity contribution is -0.118. The first-order valence-electron chi connectivity index (χ1n) is 6.27. The number of rotatable bonds is 8. The molecule has 0 unspecified atom stereocenters. The fraction of sp³-hybridized carbons (Fsp3) is 0.727. The van der Waals surface area contributed by atoms with Gasteiger partial charge in [0.25, 0.3) is 0 Å². The highest BCUT2D eigenvalue weighted by atomic mass is 32.2. The summed E-state index contributed by atoms with van der Waals surface area (Å²) in [6.07, 6.45) is 4.54. The molecule has 0 aromatic carbocycles. The molecule has 2 N–H and O–H groups in total. The van der Waals surface area contributed by atoms with Gasteiger partial charge in [-0.3, -0.25) is 4.79 Å². The monoisotopic (exact) mass is 286 g/mol. The molecule has 0 bridgehead atoms. The van der Waals surface area contributed by atoms with Crippen LogP contribution < -0.4 is 10.6 Å². The number of aromatic nitrogens is 2. The van der Waals surface area contributed by atoms with E-state index in [0.717, 1.165) is 41.7 Å². The number of carbonyl (C=O) groups excluding carboxylic acids is 1. The van der Waals surface area contributed by atoms with Crippen molar-refractivity contribution in [3.05, 3.63) is 0 Å². The van der Waals surface area contributed by atoms with Crippen LogP contribution >= 0.6 is 23.1 Å². The summed E-state index contributed by atoms with van der Waals surface area (Å²) in [5, 5.41) is 15.1. The van der Waals surface area contributed by atoms with Gasteiger partial charge in [-0.15, -0.1) is 10.2 Å². The van der Waals surface area contributed by atoms with Crippen molar-refractivity contribution in [2.45, 2.75) is 43.0 Å². The fourth-order valence-electron chi connectivity index (χ4n) is 1.34. The van der Waals surface area contributed by atoms with Crippen LogP contribution in [0.15, 0.2) is 4.34 Å². The van der Waals surface area contributed by atoms with E-state index in [1.165, 1.54) is 23.1 Å². The molecular weight excluding hydrogens is 268 g/mol. The van der Waals surface area contributed by atoms with Gasteiger partial charge in [-0.05, 0) is 19.3 Å². The van der Waals surface area contributed by atoms with Crippen LogP contribution in [0.5, 0.6) is 0 Å². The van der Waals surface area contributed by atoms with Gasteiger partial charge in [0.2, 0.25) is 11.0 Å². The molecule has 0 radical (unpaired) electrons. The molecule has 0 atom stereocenters. The van der Waals surface area contributed by atoms with Crippen molar-refractivity contribution in [2.75, 3.05) is 17.6 Å². The van der Waals surface area contributed by atoms with Crippen LogP contribution in [-0.2, 0) is 4.79 Å². The molecule has 1 saturated carbocycles. The highest BCUT2D eigenvalue weighted by Gasteiger charge is 2.23. The minimum Gasteiger partial charge on any atom is -0.360 e. The summed E-state index contributed by atoms with van der Waals surface area (Å²) >= 11 is 2.96.